The van der Waals surface area contributed by atoms with Crippen LogP contribution < -0.4 is 4.74 Å². The van der Waals surface area contributed by atoms with Crippen LogP contribution >= 0.6 is 0 Å². The summed E-state index contributed by atoms with van der Waals surface area (Å²) in [6.45, 7) is 4.46. The molecular formula is C9H16N2O2. The van der Waals surface area contributed by atoms with Crippen molar-refractivity contribution < 1.29 is 9.84 Å². The maximum absolute atomic E-state index is 8.97. The predicted molar refractivity (Wildman–Crippen MR) is 49.6 cm³/mol. The average Bonchev–Trinajstić information content (AvgIpc) is 2.48. The average molecular weight is 184 g/mol. The van der Waals surface area contributed by atoms with Gasteiger partial charge < -0.3 is 9.84 Å². The van der Waals surface area contributed by atoms with E-state index in [2.05, 4.69) is 5.10 Å². The number of rotatable bonds is 4. The Kier molecular flexibility index (Phi) is 2.93. The standard InChI is InChI=1S/C9H16N2O2/c1-9(2,6-12)7-13-8-4-5-11(3)10-8/h4-5,12H,6-7H2,1-3H3. The number of aliphatic hydroxyl groups is 1. The molecule has 0 spiro atoms. The van der Waals surface area contributed by atoms with Crippen LogP contribution in [-0.4, -0.2) is 28.1 Å². The third-order valence-corrected chi connectivity index (χ3v) is 1.73. The van der Waals surface area contributed by atoms with Gasteiger partial charge in [0.2, 0.25) is 5.88 Å². The Hall–Kier alpha value is -1.03. The van der Waals surface area contributed by atoms with Gasteiger partial charge in [0.1, 0.15) is 0 Å². The molecule has 0 saturated heterocycles. The predicted octanol–water partition coefficient (Wildman–Crippen LogP) is 0.817. The fourth-order valence-corrected chi connectivity index (χ4v) is 0.786. The van der Waals surface area contributed by atoms with Crippen molar-refractivity contribution in [3.63, 3.8) is 0 Å². The number of aryl methyl sites for hydroxylation is 1. The highest BCUT2D eigenvalue weighted by Crippen LogP contribution is 2.15. The summed E-state index contributed by atoms with van der Waals surface area (Å²) in [6, 6.07) is 1.80. The minimum absolute atomic E-state index is 0.111. The third kappa shape index (κ3) is 3.06. The van der Waals surface area contributed by atoms with Gasteiger partial charge in [0.15, 0.2) is 0 Å². The highest BCUT2D eigenvalue weighted by Gasteiger charge is 2.17. The SMILES string of the molecule is Cn1ccc(OCC(C)(C)CO)n1. The van der Waals surface area contributed by atoms with Gasteiger partial charge >= 0.3 is 0 Å². The van der Waals surface area contributed by atoms with Gasteiger partial charge in [0.05, 0.1) is 13.2 Å². The molecule has 0 amide bonds. The minimum Gasteiger partial charge on any atom is -0.476 e. The van der Waals surface area contributed by atoms with Crippen LogP contribution in [0.25, 0.3) is 0 Å². The van der Waals surface area contributed by atoms with Crippen LogP contribution in [0, 0.1) is 5.41 Å². The Labute approximate surface area is 78.1 Å². The van der Waals surface area contributed by atoms with Crippen molar-refractivity contribution in [2.24, 2.45) is 12.5 Å². The fraction of sp³-hybridized carbons (Fsp3) is 0.667. The van der Waals surface area contributed by atoms with Crippen molar-refractivity contribution in [3.05, 3.63) is 12.3 Å². The van der Waals surface area contributed by atoms with E-state index in [9.17, 15) is 0 Å². The van der Waals surface area contributed by atoms with Crippen LogP contribution in [0.1, 0.15) is 13.8 Å². The maximum atomic E-state index is 8.97. The normalized spacial score (nSPS) is 11.7. The Morgan fingerprint density at radius 1 is 1.62 bits per heavy atom. The highest BCUT2D eigenvalue weighted by atomic mass is 16.5. The molecular weight excluding hydrogens is 168 g/mol. The zero-order valence-corrected chi connectivity index (χ0v) is 8.32. The number of hydrogen-bond acceptors (Lipinski definition) is 3. The minimum atomic E-state index is -0.211. The summed E-state index contributed by atoms with van der Waals surface area (Å²) in [4.78, 5) is 0. The smallest absolute Gasteiger partial charge is 0.232 e. The van der Waals surface area contributed by atoms with Gasteiger partial charge in [-0.05, 0) is 0 Å². The van der Waals surface area contributed by atoms with Crippen molar-refractivity contribution in [3.8, 4) is 5.88 Å². The van der Waals surface area contributed by atoms with E-state index in [1.165, 1.54) is 0 Å². The van der Waals surface area contributed by atoms with E-state index in [1.807, 2.05) is 27.1 Å². The first-order valence-corrected chi connectivity index (χ1v) is 4.27. The van der Waals surface area contributed by atoms with Gasteiger partial charge in [-0.15, -0.1) is 5.10 Å². The summed E-state index contributed by atoms with van der Waals surface area (Å²) in [6.07, 6.45) is 1.82. The lowest BCUT2D eigenvalue weighted by atomic mass is 9.97. The van der Waals surface area contributed by atoms with Crippen molar-refractivity contribution in [1.29, 1.82) is 0 Å². The molecule has 0 bridgehead atoms. The van der Waals surface area contributed by atoms with E-state index < -0.39 is 0 Å². The number of aliphatic hydroxyl groups excluding tert-OH is 1. The van der Waals surface area contributed by atoms with Crippen LogP contribution in [0.3, 0.4) is 0 Å². The second kappa shape index (κ2) is 3.79. The zero-order valence-electron chi connectivity index (χ0n) is 8.32. The summed E-state index contributed by atoms with van der Waals surface area (Å²) in [5.41, 5.74) is -0.211. The quantitative estimate of drug-likeness (QED) is 0.753. The van der Waals surface area contributed by atoms with Gasteiger partial charge in [-0.3, -0.25) is 4.68 Å². The van der Waals surface area contributed by atoms with Crippen LogP contribution in [0.4, 0.5) is 0 Å². The first-order chi connectivity index (χ1) is 6.03. The third-order valence-electron chi connectivity index (χ3n) is 1.73. The Morgan fingerprint density at radius 2 is 2.31 bits per heavy atom. The van der Waals surface area contributed by atoms with E-state index in [0.717, 1.165) is 0 Å². The van der Waals surface area contributed by atoms with Crippen LogP contribution in [0.2, 0.25) is 0 Å². The summed E-state index contributed by atoms with van der Waals surface area (Å²) in [7, 11) is 1.84. The van der Waals surface area contributed by atoms with Crippen LogP contribution in [0.15, 0.2) is 12.3 Å². The van der Waals surface area contributed by atoms with Crippen molar-refractivity contribution in [2.75, 3.05) is 13.2 Å². The topological polar surface area (TPSA) is 47.3 Å². The molecule has 0 fully saturated rings. The van der Waals surface area contributed by atoms with E-state index in [-0.39, 0.29) is 12.0 Å². The molecule has 0 saturated carbocycles. The maximum Gasteiger partial charge on any atom is 0.232 e. The number of aromatic nitrogens is 2. The molecule has 1 N–H and O–H groups in total. The lowest BCUT2D eigenvalue weighted by Crippen LogP contribution is -2.25. The lowest BCUT2D eigenvalue weighted by molar-refractivity contribution is 0.0948. The van der Waals surface area contributed by atoms with Gasteiger partial charge in [0.25, 0.3) is 0 Å². The van der Waals surface area contributed by atoms with Crippen molar-refractivity contribution in [2.45, 2.75) is 13.8 Å². The molecule has 0 aromatic carbocycles. The van der Waals surface area contributed by atoms with Gasteiger partial charge in [-0.25, -0.2) is 0 Å². The monoisotopic (exact) mass is 184 g/mol. The molecule has 0 aliphatic carbocycles. The Balaban J connectivity index is 2.43. The molecule has 1 rings (SSSR count). The first-order valence-electron chi connectivity index (χ1n) is 4.27. The van der Waals surface area contributed by atoms with E-state index in [1.54, 1.807) is 10.7 Å². The lowest BCUT2D eigenvalue weighted by Gasteiger charge is -2.20. The summed E-state index contributed by atoms with van der Waals surface area (Å²) >= 11 is 0. The molecule has 1 aromatic heterocycles. The Bertz CT molecular complexity index is 268. The Morgan fingerprint density at radius 3 is 2.77 bits per heavy atom. The van der Waals surface area contributed by atoms with Gasteiger partial charge in [0, 0.05) is 24.7 Å². The van der Waals surface area contributed by atoms with E-state index in [0.29, 0.717) is 12.5 Å². The van der Waals surface area contributed by atoms with E-state index >= 15 is 0 Å². The summed E-state index contributed by atoms with van der Waals surface area (Å²) in [5, 5.41) is 13.0. The molecule has 0 aliphatic heterocycles. The number of ether oxygens (including phenoxy) is 1. The fourth-order valence-electron chi connectivity index (χ4n) is 0.786. The first kappa shape index (κ1) is 10.1. The van der Waals surface area contributed by atoms with Crippen molar-refractivity contribution in [1.82, 2.24) is 9.78 Å². The molecule has 1 aromatic rings. The molecule has 0 atom stereocenters. The van der Waals surface area contributed by atoms with Crippen molar-refractivity contribution >= 4 is 0 Å². The molecule has 0 unspecified atom stereocenters. The van der Waals surface area contributed by atoms with Crippen LogP contribution in [-0.2, 0) is 7.05 Å². The van der Waals surface area contributed by atoms with E-state index in [4.69, 9.17) is 9.84 Å². The molecule has 74 valence electrons. The second-order valence-corrected chi connectivity index (χ2v) is 3.94. The zero-order chi connectivity index (χ0) is 9.90. The molecule has 4 heteroatoms. The highest BCUT2D eigenvalue weighted by molar-refractivity contribution is 5.05. The second-order valence-electron chi connectivity index (χ2n) is 3.94. The van der Waals surface area contributed by atoms with Crippen LogP contribution in [0.5, 0.6) is 5.88 Å². The largest absolute Gasteiger partial charge is 0.476 e. The number of nitrogens with zero attached hydrogens (tertiary/aromatic N) is 2. The molecule has 0 aliphatic rings. The molecule has 0 radical (unpaired) electrons. The molecule has 4 nitrogen and oxygen atoms in total. The molecule has 1 heterocycles. The summed E-state index contributed by atoms with van der Waals surface area (Å²) < 4.78 is 7.07. The van der Waals surface area contributed by atoms with Gasteiger partial charge in [-0.2, -0.15) is 0 Å². The van der Waals surface area contributed by atoms with Gasteiger partial charge in [-0.1, -0.05) is 13.8 Å². The summed E-state index contributed by atoms with van der Waals surface area (Å²) in [5.74, 6) is 0.601. The molecule has 13 heavy (non-hydrogen) atoms. The number of hydrogen-bond donors (Lipinski definition) is 1.